The van der Waals surface area contributed by atoms with Crippen LogP contribution in [-0.4, -0.2) is 46.6 Å². The summed E-state index contributed by atoms with van der Waals surface area (Å²) in [4.78, 5) is 13.2. The first kappa shape index (κ1) is 11.9. The number of thioether (sulfide) groups is 1. The van der Waals surface area contributed by atoms with Crippen LogP contribution >= 0.6 is 11.8 Å². The molecule has 1 aliphatic heterocycles. The second-order valence-electron chi connectivity index (χ2n) is 3.64. The normalized spacial score (nSPS) is 20.6. The van der Waals surface area contributed by atoms with Crippen molar-refractivity contribution in [2.24, 2.45) is 0 Å². The number of carboxylic acid groups (broad SMARTS) is 1. The smallest absolute Gasteiger partial charge is 0.320 e. The predicted octanol–water partition coefficient (Wildman–Crippen LogP) is 1.68. The second-order valence-corrected chi connectivity index (χ2v) is 4.87. The lowest BCUT2D eigenvalue weighted by atomic mass is 10.1. The molecule has 1 saturated heterocycles. The fourth-order valence-electron chi connectivity index (χ4n) is 1.75. The Kier molecular flexibility index (Phi) is 5.33. The lowest BCUT2D eigenvalue weighted by molar-refractivity contribution is -0.143. The molecule has 14 heavy (non-hydrogen) atoms. The van der Waals surface area contributed by atoms with Crippen LogP contribution in [-0.2, 0) is 4.79 Å². The minimum absolute atomic E-state index is 0.240. The summed E-state index contributed by atoms with van der Waals surface area (Å²) in [5.41, 5.74) is 0. The summed E-state index contributed by atoms with van der Waals surface area (Å²) in [7, 11) is 0. The molecule has 4 heteroatoms. The number of carbonyl (C=O) groups is 1. The van der Waals surface area contributed by atoms with Crippen molar-refractivity contribution < 1.29 is 9.90 Å². The van der Waals surface area contributed by atoms with E-state index in [1.165, 1.54) is 0 Å². The number of hydrogen-bond donors (Lipinski definition) is 1. The van der Waals surface area contributed by atoms with Crippen LogP contribution in [0.2, 0.25) is 0 Å². The average molecular weight is 217 g/mol. The van der Waals surface area contributed by atoms with Crippen molar-refractivity contribution in [3.05, 3.63) is 0 Å². The molecule has 1 fully saturated rings. The lowest BCUT2D eigenvalue weighted by Crippen LogP contribution is -2.45. The van der Waals surface area contributed by atoms with E-state index in [0.717, 1.165) is 43.9 Å². The Labute approximate surface area is 89.9 Å². The van der Waals surface area contributed by atoms with E-state index < -0.39 is 5.97 Å². The van der Waals surface area contributed by atoms with Crippen molar-refractivity contribution in [1.82, 2.24) is 4.90 Å². The molecule has 1 unspecified atom stereocenters. The first-order valence-corrected chi connectivity index (χ1v) is 6.45. The van der Waals surface area contributed by atoms with Crippen molar-refractivity contribution in [3.8, 4) is 0 Å². The molecule has 0 spiro atoms. The van der Waals surface area contributed by atoms with Crippen molar-refractivity contribution in [3.63, 3.8) is 0 Å². The summed E-state index contributed by atoms with van der Waals surface area (Å²) in [6.07, 6.45) is 2.89. The molecular formula is C10H19NO2S. The monoisotopic (exact) mass is 217 g/mol. The Morgan fingerprint density at radius 2 is 2.14 bits per heavy atom. The van der Waals surface area contributed by atoms with E-state index >= 15 is 0 Å². The molecule has 1 heterocycles. The first-order chi connectivity index (χ1) is 6.75. The summed E-state index contributed by atoms with van der Waals surface area (Å²) < 4.78 is 0. The third-order valence-electron chi connectivity index (χ3n) is 2.60. The molecule has 0 saturated carbocycles. The van der Waals surface area contributed by atoms with Gasteiger partial charge in [-0.1, -0.05) is 19.8 Å². The van der Waals surface area contributed by atoms with Gasteiger partial charge >= 0.3 is 5.97 Å². The van der Waals surface area contributed by atoms with Crippen molar-refractivity contribution in [1.29, 1.82) is 0 Å². The predicted molar refractivity (Wildman–Crippen MR) is 59.8 cm³/mol. The molecular weight excluding hydrogens is 198 g/mol. The van der Waals surface area contributed by atoms with Crippen LogP contribution in [0.1, 0.15) is 26.2 Å². The van der Waals surface area contributed by atoms with E-state index in [-0.39, 0.29) is 6.04 Å². The Balaban J connectivity index is 2.43. The quantitative estimate of drug-likeness (QED) is 0.760. The van der Waals surface area contributed by atoms with E-state index in [4.69, 9.17) is 5.11 Å². The fraction of sp³-hybridized carbons (Fsp3) is 0.900. The highest BCUT2D eigenvalue weighted by molar-refractivity contribution is 7.99. The molecule has 1 rings (SSSR count). The zero-order chi connectivity index (χ0) is 10.4. The summed E-state index contributed by atoms with van der Waals surface area (Å²) in [6.45, 7) is 3.97. The molecule has 0 aromatic carbocycles. The Morgan fingerprint density at radius 3 is 2.64 bits per heavy atom. The number of aliphatic carboxylic acids is 1. The largest absolute Gasteiger partial charge is 0.480 e. The Hall–Kier alpha value is -0.220. The molecule has 1 aliphatic rings. The van der Waals surface area contributed by atoms with E-state index in [9.17, 15) is 4.79 Å². The topological polar surface area (TPSA) is 40.5 Å². The van der Waals surface area contributed by atoms with Gasteiger partial charge < -0.3 is 5.11 Å². The van der Waals surface area contributed by atoms with E-state index in [0.29, 0.717) is 0 Å². The molecule has 1 N–H and O–H groups in total. The lowest BCUT2D eigenvalue weighted by Gasteiger charge is -2.31. The van der Waals surface area contributed by atoms with Gasteiger partial charge in [-0.15, -0.1) is 0 Å². The van der Waals surface area contributed by atoms with Crippen LogP contribution in [0, 0.1) is 0 Å². The molecule has 0 radical (unpaired) electrons. The highest BCUT2D eigenvalue weighted by atomic mass is 32.2. The minimum Gasteiger partial charge on any atom is -0.480 e. The number of unbranched alkanes of at least 4 members (excludes halogenated alkanes) is 1. The van der Waals surface area contributed by atoms with Crippen LogP contribution in [0.3, 0.4) is 0 Å². The fourth-order valence-corrected chi connectivity index (χ4v) is 2.68. The SMILES string of the molecule is CCCCC(C(=O)O)N1CCSCC1. The maximum Gasteiger partial charge on any atom is 0.320 e. The molecule has 0 amide bonds. The van der Waals surface area contributed by atoms with Gasteiger partial charge in [0.05, 0.1) is 0 Å². The summed E-state index contributed by atoms with van der Waals surface area (Å²) in [5, 5.41) is 9.10. The molecule has 0 aliphatic carbocycles. The van der Waals surface area contributed by atoms with Gasteiger partial charge in [-0.05, 0) is 6.42 Å². The summed E-state index contributed by atoms with van der Waals surface area (Å²) in [6, 6.07) is -0.240. The van der Waals surface area contributed by atoms with Crippen LogP contribution in [0.25, 0.3) is 0 Å². The summed E-state index contributed by atoms with van der Waals surface area (Å²) >= 11 is 1.92. The van der Waals surface area contributed by atoms with Gasteiger partial charge in [0.2, 0.25) is 0 Å². The maximum absolute atomic E-state index is 11.1. The van der Waals surface area contributed by atoms with Crippen LogP contribution in [0.4, 0.5) is 0 Å². The van der Waals surface area contributed by atoms with E-state index in [1.54, 1.807) is 0 Å². The van der Waals surface area contributed by atoms with Crippen LogP contribution in [0.15, 0.2) is 0 Å². The van der Waals surface area contributed by atoms with Crippen molar-refractivity contribution >= 4 is 17.7 Å². The van der Waals surface area contributed by atoms with Gasteiger partial charge in [0.15, 0.2) is 0 Å². The molecule has 0 aromatic rings. The van der Waals surface area contributed by atoms with Gasteiger partial charge in [-0.25, -0.2) is 0 Å². The van der Waals surface area contributed by atoms with Crippen molar-refractivity contribution in [2.45, 2.75) is 32.2 Å². The van der Waals surface area contributed by atoms with E-state index in [1.807, 2.05) is 11.8 Å². The maximum atomic E-state index is 11.1. The molecule has 82 valence electrons. The van der Waals surface area contributed by atoms with Gasteiger partial charge in [0, 0.05) is 24.6 Å². The minimum atomic E-state index is -0.648. The van der Waals surface area contributed by atoms with Gasteiger partial charge in [0.1, 0.15) is 6.04 Å². The Bertz CT molecular complexity index is 181. The molecule has 1 atom stereocenters. The number of hydrogen-bond acceptors (Lipinski definition) is 3. The second kappa shape index (κ2) is 6.30. The van der Waals surface area contributed by atoms with Crippen LogP contribution in [0.5, 0.6) is 0 Å². The standard InChI is InChI=1S/C10H19NO2S/c1-2-3-4-9(10(12)13)11-5-7-14-8-6-11/h9H,2-8H2,1H3,(H,12,13). The van der Waals surface area contributed by atoms with E-state index in [2.05, 4.69) is 11.8 Å². The van der Waals surface area contributed by atoms with Gasteiger partial charge in [-0.3, -0.25) is 9.69 Å². The number of rotatable bonds is 5. The summed E-state index contributed by atoms with van der Waals surface area (Å²) in [5.74, 6) is 1.51. The molecule has 0 aromatic heterocycles. The number of nitrogens with zero attached hydrogens (tertiary/aromatic N) is 1. The van der Waals surface area contributed by atoms with Crippen LogP contribution < -0.4 is 0 Å². The number of carboxylic acids is 1. The first-order valence-electron chi connectivity index (χ1n) is 5.30. The highest BCUT2D eigenvalue weighted by Crippen LogP contribution is 2.16. The zero-order valence-corrected chi connectivity index (χ0v) is 9.55. The van der Waals surface area contributed by atoms with Gasteiger partial charge in [-0.2, -0.15) is 11.8 Å². The average Bonchev–Trinajstić information content (AvgIpc) is 2.19. The third kappa shape index (κ3) is 3.50. The van der Waals surface area contributed by atoms with Crippen molar-refractivity contribution in [2.75, 3.05) is 24.6 Å². The Morgan fingerprint density at radius 1 is 1.50 bits per heavy atom. The molecule has 0 bridgehead atoms. The third-order valence-corrected chi connectivity index (χ3v) is 3.55. The molecule has 3 nitrogen and oxygen atoms in total. The zero-order valence-electron chi connectivity index (χ0n) is 8.74. The highest BCUT2D eigenvalue weighted by Gasteiger charge is 2.25. The van der Waals surface area contributed by atoms with Gasteiger partial charge in [0.25, 0.3) is 0 Å².